The summed E-state index contributed by atoms with van der Waals surface area (Å²) in [5.74, 6) is 1.15. The Morgan fingerprint density at radius 3 is 2.59 bits per heavy atom. The molecule has 0 saturated carbocycles. The third-order valence-corrected chi connectivity index (χ3v) is 3.04. The summed E-state index contributed by atoms with van der Waals surface area (Å²) < 4.78 is 1.81. The molecule has 2 aromatic heterocycles. The maximum Gasteiger partial charge on any atom is 0.287 e. The van der Waals surface area contributed by atoms with E-state index in [1.165, 1.54) is 12.3 Å². The van der Waals surface area contributed by atoms with E-state index < -0.39 is 4.92 Å². The summed E-state index contributed by atoms with van der Waals surface area (Å²) in [6.45, 7) is 0.677. The van der Waals surface area contributed by atoms with Crippen molar-refractivity contribution >= 4 is 17.3 Å². The average molecular weight is 295 g/mol. The van der Waals surface area contributed by atoms with Gasteiger partial charge in [-0.1, -0.05) is 30.3 Å². The lowest BCUT2D eigenvalue weighted by molar-refractivity contribution is -0.385. The first-order valence-corrected chi connectivity index (χ1v) is 6.65. The molecule has 7 heteroatoms. The van der Waals surface area contributed by atoms with Crippen LogP contribution in [0.3, 0.4) is 0 Å². The molecule has 0 unspecified atom stereocenters. The topological polar surface area (TPSA) is 85.9 Å². The number of rotatable bonds is 5. The first-order valence-electron chi connectivity index (χ1n) is 6.65. The Labute approximate surface area is 126 Å². The fraction of sp³-hybridized carbons (Fsp3) is 0.0667. The molecule has 0 spiro atoms. The highest BCUT2D eigenvalue weighted by atomic mass is 16.6. The molecule has 0 bridgehead atoms. The highest BCUT2D eigenvalue weighted by molar-refractivity contribution is 5.52. The normalized spacial score (nSPS) is 10.4. The van der Waals surface area contributed by atoms with E-state index >= 15 is 0 Å². The van der Waals surface area contributed by atoms with Crippen LogP contribution in [0.2, 0.25) is 0 Å². The van der Waals surface area contributed by atoms with Crippen LogP contribution in [0.5, 0.6) is 0 Å². The highest BCUT2D eigenvalue weighted by Gasteiger charge is 2.06. The Hall–Kier alpha value is -3.22. The van der Waals surface area contributed by atoms with Crippen LogP contribution in [0.1, 0.15) is 5.56 Å². The number of nitro groups is 1. The molecule has 0 aliphatic heterocycles. The van der Waals surface area contributed by atoms with Gasteiger partial charge in [-0.2, -0.15) is 5.10 Å². The summed E-state index contributed by atoms with van der Waals surface area (Å²) in [7, 11) is 0. The van der Waals surface area contributed by atoms with Gasteiger partial charge in [0.1, 0.15) is 12.0 Å². The fourth-order valence-corrected chi connectivity index (χ4v) is 1.99. The number of hydrogen-bond acceptors (Lipinski definition) is 5. The molecule has 22 heavy (non-hydrogen) atoms. The smallest absolute Gasteiger partial charge is 0.287 e. The van der Waals surface area contributed by atoms with Gasteiger partial charge in [0.2, 0.25) is 0 Å². The van der Waals surface area contributed by atoms with Gasteiger partial charge in [0.05, 0.1) is 11.5 Å². The van der Waals surface area contributed by atoms with Crippen LogP contribution < -0.4 is 5.32 Å². The molecule has 0 amide bonds. The van der Waals surface area contributed by atoms with Gasteiger partial charge in [0.15, 0.2) is 5.82 Å². The van der Waals surface area contributed by atoms with Gasteiger partial charge in [-0.15, -0.1) is 0 Å². The summed E-state index contributed by atoms with van der Waals surface area (Å²) in [4.78, 5) is 14.1. The first kappa shape index (κ1) is 13.7. The molecule has 3 rings (SSSR count). The van der Waals surface area contributed by atoms with Gasteiger partial charge in [-0.25, -0.2) is 4.98 Å². The first-order chi connectivity index (χ1) is 10.7. The van der Waals surface area contributed by atoms with E-state index in [-0.39, 0.29) is 5.69 Å². The van der Waals surface area contributed by atoms with Crippen molar-refractivity contribution in [3.05, 3.63) is 76.6 Å². The predicted molar refractivity (Wildman–Crippen MR) is 81.9 cm³/mol. The second-order valence-electron chi connectivity index (χ2n) is 4.67. The Bertz CT molecular complexity index is 768. The van der Waals surface area contributed by atoms with E-state index in [0.717, 1.165) is 5.56 Å². The minimum absolute atomic E-state index is 0.0415. The van der Waals surface area contributed by atoms with Crippen LogP contribution >= 0.6 is 0 Å². The second-order valence-corrected chi connectivity index (χ2v) is 4.67. The van der Waals surface area contributed by atoms with Crippen molar-refractivity contribution in [2.24, 2.45) is 0 Å². The molecule has 1 aromatic carbocycles. The van der Waals surface area contributed by atoms with Gasteiger partial charge < -0.3 is 5.32 Å². The summed E-state index contributed by atoms with van der Waals surface area (Å²) >= 11 is 0. The molecule has 1 N–H and O–H groups in total. The molecule has 0 fully saturated rings. The van der Waals surface area contributed by atoms with Crippen molar-refractivity contribution < 1.29 is 4.92 Å². The number of nitrogens with one attached hydrogen (secondary N) is 1. The summed E-state index contributed by atoms with van der Waals surface area (Å²) in [5, 5.41) is 18.0. The van der Waals surface area contributed by atoms with E-state index in [1.807, 2.05) is 47.3 Å². The van der Waals surface area contributed by atoms with Crippen LogP contribution in [0.4, 0.5) is 17.3 Å². The standard InChI is InChI=1S/C15H13N5O2/c21-20(22)13-6-7-14(16-10-13)17-15-8-9-19(18-15)11-12-4-2-1-3-5-12/h1-10H,11H2,(H,16,17,18). The molecule has 0 radical (unpaired) electrons. The Balaban J connectivity index is 1.67. The molecule has 0 aliphatic rings. The molecule has 0 atom stereocenters. The number of hydrogen-bond donors (Lipinski definition) is 1. The molecule has 7 nitrogen and oxygen atoms in total. The maximum atomic E-state index is 10.6. The summed E-state index contributed by atoms with van der Waals surface area (Å²) in [5.41, 5.74) is 1.12. The monoisotopic (exact) mass is 295 g/mol. The van der Waals surface area contributed by atoms with Gasteiger partial charge in [0.25, 0.3) is 5.69 Å². The number of aromatic nitrogens is 3. The van der Waals surface area contributed by atoms with E-state index in [2.05, 4.69) is 15.4 Å². The van der Waals surface area contributed by atoms with Crippen LogP contribution in [0, 0.1) is 10.1 Å². The number of benzene rings is 1. The Morgan fingerprint density at radius 2 is 1.91 bits per heavy atom. The molecular weight excluding hydrogens is 282 g/mol. The van der Waals surface area contributed by atoms with Gasteiger partial charge in [-0.3, -0.25) is 14.8 Å². The number of pyridine rings is 1. The largest absolute Gasteiger partial charge is 0.323 e. The van der Waals surface area contributed by atoms with Crippen molar-refractivity contribution in [1.82, 2.24) is 14.8 Å². The third kappa shape index (κ3) is 3.26. The zero-order valence-electron chi connectivity index (χ0n) is 11.6. The zero-order chi connectivity index (χ0) is 15.4. The maximum absolute atomic E-state index is 10.6. The van der Waals surface area contributed by atoms with Crippen molar-refractivity contribution in [3.63, 3.8) is 0 Å². The molecule has 0 aliphatic carbocycles. The minimum Gasteiger partial charge on any atom is -0.323 e. The lowest BCUT2D eigenvalue weighted by Crippen LogP contribution is -2.01. The molecule has 110 valence electrons. The lowest BCUT2D eigenvalue weighted by atomic mass is 10.2. The third-order valence-electron chi connectivity index (χ3n) is 3.04. The van der Waals surface area contributed by atoms with E-state index in [4.69, 9.17) is 0 Å². The Morgan fingerprint density at radius 1 is 1.09 bits per heavy atom. The second kappa shape index (κ2) is 6.04. The van der Waals surface area contributed by atoms with Gasteiger partial charge in [-0.05, 0) is 11.6 Å². The van der Waals surface area contributed by atoms with Crippen LogP contribution in [-0.4, -0.2) is 19.7 Å². The minimum atomic E-state index is -0.481. The van der Waals surface area contributed by atoms with Crippen LogP contribution in [-0.2, 0) is 6.54 Å². The van der Waals surface area contributed by atoms with Crippen molar-refractivity contribution in [1.29, 1.82) is 0 Å². The highest BCUT2D eigenvalue weighted by Crippen LogP contribution is 2.16. The quantitative estimate of drug-likeness (QED) is 0.577. The fourth-order valence-electron chi connectivity index (χ4n) is 1.99. The molecule has 3 aromatic rings. The Kier molecular flexibility index (Phi) is 3.78. The van der Waals surface area contributed by atoms with E-state index in [1.54, 1.807) is 6.07 Å². The van der Waals surface area contributed by atoms with Crippen molar-refractivity contribution in [3.8, 4) is 0 Å². The van der Waals surface area contributed by atoms with Crippen molar-refractivity contribution in [2.45, 2.75) is 6.54 Å². The molecule has 2 heterocycles. The van der Waals surface area contributed by atoms with E-state index in [9.17, 15) is 10.1 Å². The number of nitrogens with zero attached hydrogens (tertiary/aromatic N) is 4. The SMILES string of the molecule is O=[N+]([O-])c1ccc(Nc2ccn(Cc3ccccc3)n2)nc1. The van der Waals surface area contributed by atoms with Gasteiger partial charge in [0, 0.05) is 18.3 Å². The van der Waals surface area contributed by atoms with Crippen molar-refractivity contribution in [2.75, 3.05) is 5.32 Å². The van der Waals surface area contributed by atoms with Gasteiger partial charge >= 0.3 is 0 Å². The summed E-state index contributed by atoms with van der Waals surface area (Å²) in [6, 6.07) is 14.8. The molecular formula is C15H13N5O2. The zero-order valence-corrected chi connectivity index (χ0v) is 11.6. The summed E-state index contributed by atoms with van der Waals surface area (Å²) in [6.07, 6.45) is 3.07. The lowest BCUT2D eigenvalue weighted by Gasteiger charge is -2.03. The van der Waals surface area contributed by atoms with Crippen LogP contribution in [0.15, 0.2) is 60.9 Å². The van der Waals surface area contributed by atoms with Crippen LogP contribution in [0.25, 0.3) is 0 Å². The predicted octanol–water partition coefficient (Wildman–Crippen LogP) is 2.98. The van der Waals surface area contributed by atoms with E-state index in [0.29, 0.717) is 18.2 Å². The molecule has 0 saturated heterocycles. The average Bonchev–Trinajstić information content (AvgIpc) is 2.96. The number of anilines is 2.